The summed E-state index contributed by atoms with van der Waals surface area (Å²) in [6, 6.07) is 0. The highest BCUT2D eigenvalue weighted by Crippen LogP contribution is 2.08. The summed E-state index contributed by atoms with van der Waals surface area (Å²) in [5.74, 6) is 0. The van der Waals surface area contributed by atoms with Crippen molar-refractivity contribution in [3.05, 3.63) is 16.1 Å². The zero-order valence-corrected chi connectivity index (χ0v) is 11.4. The molecule has 0 unspecified atom stereocenters. The van der Waals surface area contributed by atoms with Crippen LogP contribution in [0.1, 0.15) is 24.5 Å². The van der Waals surface area contributed by atoms with Crippen LogP contribution in [0.2, 0.25) is 0 Å². The second kappa shape index (κ2) is 5.72. The van der Waals surface area contributed by atoms with E-state index >= 15 is 0 Å². The lowest BCUT2D eigenvalue weighted by atomic mass is 10.5. The minimum absolute atomic E-state index is 0.253. The molecular formula is C9H17N3O2S2. The van der Waals surface area contributed by atoms with Crippen LogP contribution in [0.15, 0.2) is 5.38 Å². The van der Waals surface area contributed by atoms with Gasteiger partial charge >= 0.3 is 0 Å². The van der Waals surface area contributed by atoms with Crippen molar-refractivity contribution in [2.24, 2.45) is 0 Å². The Kier molecular flexibility index (Phi) is 4.85. The molecule has 5 nitrogen and oxygen atoms in total. The van der Waals surface area contributed by atoms with Crippen molar-refractivity contribution in [1.29, 1.82) is 0 Å². The summed E-state index contributed by atoms with van der Waals surface area (Å²) in [5, 5.41) is 2.80. The van der Waals surface area contributed by atoms with Gasteiger partial charge in [0.15, 0.2) is 0 Å². The summed E-state index contributed by atoms with van der Waals surface area (Å²) in [4.78, 5) is 4.20. The van der Waals surface area contributed by atoms with Gasteiger partial charge in [0.05, 0.1) is 17.2 Å². The molecule has 1 N–H and O–H groups in total. The Morgan fingerprint density at radius 3 is 2.50 bits per heavy atom. The van der Waals surface area contributed by atoms with Gasteiger partial charge in [0, 0.05) is 18.5 Å². The number of nitrogens with one attached hydrogen (secondary N) is 1. The van der Waals surface area contributed by atoms with E-state index in [-0.39, 0.29) is 6.54 Å². The Hall–Kier alpha value is -0.500. The number of hydrogen-bond acceptors (Lipinski definition) is 4. The average molecular weight is 263 g/mol. The second-order valence-electron chi connectivity index (χ2n) is 3.27. The van der Waals surface area contributed by atoms with E-state index in [9.17, 15) is 8.42 Å². The first-order chi connectivity index (χ1) is 7.49. The standard InChI is InChI=1S/C9H17N3O2S2/c1-4-12(5-2)16(13,14)10-6-9-7-15-8(3)11-9/h7,10H,4-6H2,1-3H3. The molecule has 16 heavy (non-hydrogen) atoms. The van der Waals surface area contributed by atoms with Gasteiger partial charge in [-0.2, -0.15) is 17.4 Å². The first kappa shape index (κ1) is 13.6. The Labute approximate surface area is 101 Å². The summed E-state index contributed by atoms with van der Waals surface area (Å²) >= 11 is 1.52. The van der Waals surface area contributed by atoms with Crippen molar-refractivity contribution in [1.82, 2.24) is 14.0 Å². The maximum Gasteiger partial charge on any atom is 0.279 e. The van der Waals surface area contributed by atoms with Crippen LogP contribution in [-0.4, -0.2) is 30.8 Å². The summed E-state index contributed by atoms with van der Waals surface area (Å²) < 4.78 is 27.4. The highest BCUT2D eigenvalue weighted by molar-refractivity contribution is 7.87. The van der Waals surface area contributed by atoms with Crippen LogP contribution in [0.25, 0.3) is 0 Å². The van der Waals surface area contributed by atoms with Crippen molar-refractivity contribution < 1.29 is 8.42 Å². The van der Waals surface area contributed by atoms with Crippen molar-refractivity contribution >= 4 is 21.5 Å². The van der Waals surface area contributed by atoms with E-state index < -0.39 is 10.2 Å². The molecule has 1 heterocycles. The monoisotopic (exact) mass is 263 g/mol. The van der Waals surface area contributed by atoms with E-state index in [4.69, 9.17) is 0 Å². The first-order valence-corrected chi connectivity index (χ1v) is 7.47. The molecule has 0 aromatic carbocycles. The number of nitrogens with zero attached hydrogens (tertiary/aromatic N) is 2. The molecule has 92 valence electrons. The highest BCUT2D eigenvalue weighted by Gasteiger charge is 2.17. The molecule has 0 saturated carbocycles. The van der Waals surface area contributed by atoms with Crippen molar-refractivity contribution in [3.63, 3.8) is 0 Å². The normalized spacial score (nSPS) is 12.2. The maximum atomic E-state index is 11.8. The molecule has 0 aliphatic carbocycles. The summed E-state index contributed by atoms with van der Waals surface area (Å²) in [6.07, 6.45) is 0. The molecule has 0 radical (unpaired) electrons. The van der Waals surface area contributed by atoms with Gasteiger partial charge in [0.2, 0.25) is 0 Å². The quantitative estimate of drug-likeness (QED) is 0.837. The third-order valence-electron chi connectivity index (χ3n) is 2.15. The fourth-order valence-electron chi connectivity index (χ4n) is 1.31. The van der Waals surface area contributed by atoms with Crippen LogP contribution in [0.3, 0.4) is 0 Å². The van der Waals surface area contributed by atoms with Crippen molar-refractivity contribution in [2.75, 3.05) is 13.1 Å². The maximum absolute atomic E-state index is 11.8. The first-order valence-electron chi connectivity index (χ1n) is 5.15. The van der Waals surface area contributed by atoms with Crippen LogP contribution in [0, 0.1) is 6.92 Å². The molecule has 7 heteroatoms. The van der Waals surface area contributed by atoms with Gasteiger partial charge in [0.1, 0.15) is 0 Å². The molecule has 1 rings (SSSR count). The molecule has 1 aromatic heterocycles. The molecule has 0 fully saturated rings. The Balaban J connectivity index is 2.60. The number of hydrogen-bond donors (Lipinski definition) is 1. The van der Waals surface area contributed by atoms with Gasteiger partial charge in [-0.3, -0.25) is 0 Å². The molecule has 0 aliphatic heterocycles. The number of rotatable bonds is 6. The predicted octanol–water partition coefficient (Wildman–Crippen LogP) is 1.13. The summed E-state index contributed by atoms with van der Waals surface area (Å²) in [6.45, 7) is 6.73. The third-order valence-corrected chi connectivity index (χ3v) is 4.68. The lowest BCUT2D eigenvalue weighted by Crippen LogP contribution is -2.40. The molecule has 0 saturated heterocycles. The van der Waals surface area contributed by atoms with Crippen molar-refractivity contribution in [3.8, 4) is 0 Å². The number of aromatic nitrogens is 1. The fourth-order valence-corrected chi connectivity index (χ4v) is 3.11. The molecule has 0 aliphatic rings. The Bertz CT molecular complexity index is 424. The van der Waals surface area contributed by atoms with Crippen LogP contribution in [-0.2, 0) is 16.8 Å². The van der Waals surface area contributed by atoms with Crippen LogP contribution < -0.4 is 4.72 Å². The molecule has 1 aromatic rings. The third kappa shape index (κ3) is 3.51. The summed E-state index contributed by atoms with van der Waals surface area (Å²) in [5.41, 5.74) is 0.762. The lowest BCUT2D eigenvalue weighted by molar-refractivity contribution is 0.434. The van der Waals surface area contributed by atoms with Gasteiger partial charge in [-0.05, 0) is 6.92 Å². The lowest BCUT2D eigenvalue weighted by Gasteiger charge is -2.18. The van der Waals surface area contributed by atoms with Crippen LogP contribution >= 0.6 is 11.3 Å². The fraction of sp³-hybridized carbons (Fsp3) is 0.667. The largest absolute Gasteiger partial charge is 0.279 e. The Morgan fingerprint density at radius 1 is 1.44 bits per heavy atom. The van der Waals surface area contributed by atoms with Crippen LogP contribution in [0.5, 0.6) is 0 Å². The predicted molar refractivity (Wildman–Crippen MR) is 65.5 cm³/mol. The SMILES string of the molecule is CCN(CC)S(=O)(=O)NCc1csc(C)n1. The van der Waals surface area contributed by atoms with E-state index in [1.807, 2.05) is 26.2 Å². The van der Waals surface area contributed by atoms with Gasteiger partial charge in [-0.25, -0.2) is 4.98 Å². The van der Waals surface area contributed by atoms with E-state index in [1.54, 1.807) is 0 Å². The second-order valence-corrected chi connectivity index (χ2v) is 6.09. The molecule has 0 amide bonds. The van der Waals surface area contributed by atoms with Gasteiger partial charge in [-0.15, -0.1) is 11.3 Å². The minimum Gasteiger partial charge on any atom is -0.245 e. The van der Waals surface area contributed by atoms with E-state index in [0.717, 1.165) is 10.7 Å². The molecular weight excluding hydrogens is 246 g/mol. The van der Waals surface area contributed by atoms with Crippen molar-refractivity contribution in [2.45, 2.75) is 27.3 Å². The Morgan fingerprint density at radius 2 is 2.06 bits per heavy atom. The zero-order chi connectivity index (χ0) is 12.2. The van der Waals surface area contributed by atoms with Gasteiger partial charge in [-0.1, -0.05) is 13.8 Å². The average Bonchev–Trinajstić information content (AvgIpc) is 2.63. The topological polar surface area (TPSA) is 62.3 Å². The van der Waals surface area contributed by atoms with E-state index in [2.05, 4.69) is 9.71 Å². The number of aryl methyl sites for hydroxylation is 1. The van der Waals surface area contributed by atoms with Crippen LogP contribution in [0.4, 0.5) is 0 Å². The van der Waals surface area contributed by atoms with Gasteiger partial charge < -0.3 is 0 Å². The highest BCUT2D eigenvalue weighted by atomic mass is 32.2. The minimum atomic E-state index is -3.36. The van der Waals surface area contributed by atoms with E-state index in [1.165, 1.54) is 15.6 Å². The zero-order valence-electron chi connectivity index (χ0n) is 9.73. The van der Waals surface area contributed by atoms with Gasteiger partial charge in [0.25, 0.3) is 10.2 Å². The molecule has 0 bridgehead atoms. The molecule has 0 atom stereocenters. The summed E-state index contributed by atoms with van der Waals surface area (Å²) in [7, 11) is -3.36. The number of thiazole rings is 1. The smallest absolute Gasteiger partial charge is 0.245 e. The van der Waals surface area contributed by atoms with E-state index in [0.29, 0.717) is 13.1 Å². The molecule has 0 spiro atoms.